The van der Waals surface area contributed by atoms with Crippen LogP contribution >= 0.6 is 0 Å². The Labute approximate surface area is 150 Å². The van der Waals surface area contributed by atoms with Crippen molar-refractivity contribution >= 4 is 17.9 Å². The molecule has 0 aromatic carbocycles. The fourth-order valence-corrected chi connectivity index (χ4v) is 3.14. The number of carbonyl (C=O) groups is 3. The van der Waals surface area contributed by atoms with Gasteiger partial charge in [0.15, 0.2) is 0 Å². The van der Waals surface area contributed by atoms with E-state index in [0.717, 1.165) is 25.9 Å². The molecule has 7 heteroatoms. The van der Waals surface area contributed by atoms with Gasteiger partial charge in [-0.2, -0.15) is 0 Å². The molecule has 3 amide bonds. The number of ether oxygens (including phenoxy) is 1. The van der Waals surface area contributed by atoms with Gasteiger partial charge in [0.05, 0.1) is 0 Å². The Morgan fingerprint density at radius 2 is 1.16 bits per heavy atom. The summed E-state index contributed by atoms with van der Waals surface area (Å²) in [7, 11) is 0. The van der Waals surface area contributed by atoms with Gasteiger partial charge >= 0.3 is 6.09 Å². The summed E-state index contributed by atoms with van der Waals surface area (Å²) in [6.07, 6.45) is 3.51. The Morgan fingerprint density at radius 1 is 0.720 bits per heavy atom. The molecule has 25 heavy (non-hydrogen) atoms. The minimum atomic E-state index is -0.515. The minimum absolute atomic E-state index is 0.00537. The molecule has 142 valence electrons. The normalized spacial score (nSPS) is 18.9. The van der Waals surface area contributed by atoms with Crippen LogP contribution in [0.5, 0.6) is 0 Å². The number of piperazine rings is 1. The predicted octanol–water partition coefficient (Wildman–Crippen LogP) is 1.86. The molecule has 7 nitrogen and oxygen atoms in total. The van der Waals surface area contributed by atoms with E-state index in [1.165, 1.54) is 6.42 Å². The van der Waals surface area contributed by atoms with Crippen molar-refractivity contribution in [2.24, 2.45) is 0 Å². The van der Waals surface area contributed by atoms with Crippen LogP contribution in [0, 0.1) is 0 Å². The van der Waals surface area contributed by atoms with Crippen LogP contribution in [0.25, 0.3) is 0 Å². The average molecular weight is 353 g/mol. The summed E-state index contributed by atoms with van der Waals surface area (Å²) < 4.78 is 5.35. The molecule has 2 rings (SSSR count). The lowest BCUT2D eigenvalue weighted by Crippen LogP contribution is -2.51. The van der Waals surface area contributed by atoms with Crippen LogP contribution in [0.3, 0.4) is 0 Å². The van der Waals surface area contributed by atoms with Gasteiger partial charge in [0, 0.05) is 52.1 Å². The third kappa shape index (κ3) is 6.21. The maximum absolute atomic E-state index is 12.3. The van der Waals surface area contributed by atoms with Gasteiger partial charge in [-0.1, -0.05) is 0 Å². The molecule has 0 aromatic rings. The maximum atomic E-state index is 12.3. The summed E-state index contributed by atoms with van der Waals surface area (Å²) in [5, 5.41) is 0. The summed E-state index contributed by atoms with van der Waals surface area (Å²) >= 11 is 0. The fraction of sp³-hybridized carbons (Fsp3) is 0.833. The molecular weight excluding hydrogens is 322 g/mol. The molecular formula is C18H31N3O4. The summed E-state index contributed by atoms with van der Waals surface area (Å²) in [5.74, 6) is 0.0784. The Hall–Kier alpha value is -1.79. The van der Waals surface area contributed by atoms with Crippen LogP contribution < -0.4 is 0 Å². The van der Waals surface area contributed by atoms with Crippen molar-refractivity contribution in [1.82, 2.24) is 14.7 Å². The highest BCUT2D eigenvalue weighted by Crippen LogP contribution is 2.14. The van der Waals surface area contributed by atoms with Crippen molar-refractivity contribution in [3.8, 4) is 0 Å². The molecule has 0 unspecified atom stereocenters. The van der Waals surface area contributed by atoms with E-state index in [4.69, 9.17) is 4.74 Å². The molecule has 0 aromatic heterocycles. The molecule has 2 heterocycles. The second kappa shape index (κ2) is 8.54. The molecule has 0 atom stereocenters. The minimum Gasteiger partial charge on any atom is -0.444 e. The lowest BCUT2D eigenvalue weighted by atomic mass is 10.1. The van der Waals surface area contributed by atoms with E-state index < -0.39 is 5.60 Å². The first-order valence-corrected chi connectivity index (χ1v) is 9.30. The largest absolute Gasteiger partial charge is 0.444 e. The molecule has 0 spiro atoms. The molecule has 0 aliphatic carbocycles. The zero-order chi connectivity index (χ0) is 18.4. The zero-order valence-electron chi connectivity index (χ0n) is 15.8. The van der Waals surface area contributed by atoms with E-state index in [-0.39, 0.29) is 30.7 Å². The monoisotopic (exact) mass is 353 g/mol. The summed E-state index contributed by atoms with van der Waals surface area (Å²) in [6.45, 7) is 9.09. The Balaban J connectivity index is 1.70. The summed E-state index contributed by atoms with van der Waals surface area (Å²) in [5.41, 5.74) is -0.515. The molecule has 2 saturated heterocycles. The summed E-state index contributed by atoms with van der Waals surface area (Å²) in [6, 6.07) is 0. The number of likely N-dealkylation sites (tertiary alicyclic amines) is 1. The van der Waals surface area contributed by atoms with Gasteiger partial charge in [-0.3, -0.25) is 9.59 Å². The molecule has 0 saturated carbocycles. The summed E-state index contributed by atoms with van der Waals surface area (Å²) in [4.78, 5) is 41.7. The zero-order valence-corrected chi connectivity index (χ0v) is 15.8. The third-order valence-corrected chi connectivity index (χ3v) is 4.55. The molecule has 2 aliphatic rings. The average Bonchev–Trinajstić information content (AvgIpc) is 2.58. The molecule has 0 radical (unpaired) electrons. The Morgan fingerprint density at radius 3 is 1.64 bits per heavy atom. The molecule has 2 aliphatic heterocycles. The van der Waals surface area contributed by atoms with Crippen LogP contribution in [0.1, 0.15) is 52.9 Å². The standard InChI is InChI=1S/C18H31N3O4/c1-18(2,3)25-17(24)21-13-11-20(12-14-21)16(23)8-7-15(22)19-9-5-4-6-10-19/h4-14H2,1-3H3. The van der Waals surface area contributed by atoms with Crippen molar-refractivity contribution in [2.75, 3.05) is 39.3 Å². The number of nitrogens with zero attached hydrogens (tertiary/aromatic N) is 3. The number of hydrogen-bond donors (Lipinski definition) is 0. The lowest BCUT2D eigenvalue weighted by molar-refractivity contribution is -0.138. The van der Waals surface area contributed by atoms with Crippen LogP contribution in [0.2, 0.25) is 0 Å². The SMILES string of the molecule is CC(C)(C)OC(=O)N1CCN(C(=O)CCC(=O)N2CCCCC2)CC1. The highest BCUT2D eigenvalue weighted by Gasteiger charge is 2.28. The number of carbonyl (C=O) groups excluding carboxylic acids is 3. The number of rotatable bonds is 3. The van der Waals surface area contributed by atoms with Gasteiger partial charge in [0.25, 0.3) is 0 Å². The molecule has 2 fully saturated rings. The number of piperidine rings is 1. The van der Waals surface area contributed by atoms with Gasteiger partial charge < -0.3 is 19.4 Å². The van der Waals surface area contributed by atoms with Gasteiger partial charge in [-0.05, 0) is 40.0 Å². The van der Waals surface area contributed by atoms with Crippen LogP contribution in [0.15, 0.2) is 0 Å². The smallest absolute Gasteiger partial charge is 0.410 e. The molecule has 0 N–H and O–H groups in total. The van der Waals surface area contributed by atoms with E-state index in [1.807, 2.05) is 25.7 Å². The third-order valence-electron chi connectivity index (χ3n) is 4.55. The van der Waals surface area contributed by atoms with Gasteiger partial charge in [-0.25, -0.2) is 4.79 Å². The van der Waals surface area contributed by atoms with Crippen LogP contribution in [-0.4, -0.2) is 77.5 Å². The van der Waals surface area contributed by atoms with Crippen LogP contribution in [-0.2, 0) is 14.3 Å². The van der Waals surface area contributed by atoms with Crippen molar-refractivity contribution in [1.29, 1.82) is 0 Å². The van der Waals surface area contributed by atoms with Crippen molar-refractivity contribution < 1.29 is 19.1 Å². The molecule has 0 bridgehead atoms. The quantitative estimate of drug-likeness (QED) is 0.776. The predicted molar refractivity (Wildman–Crippen MR) is 94.1 cm³/mol. The van der Waals surface area contributed by atoms with E-state index in [9.17, 15) is 14.4 Å². The highest BCUT2D eigenvalue weighted by atomic mass is 16.6. The van der Waals surface area contributed by atoms with Gasteiger partial charge in [-0.15, -0.1) is 0 Å². The Bertz CT molecular complexity index is 487. The van der Waals surface area contributed by atoms with E-state index in [1.54, 1.807) is 9.80 Å². The fourth-order valence-electron chi connectivity index (χ4n) is 3.14. The lowest BCUT2D eigenvalue weighted by Gasteiger charge is -2.35. The van der Waals surface area contributed by atoms with Crippen molar-refractivity contribution in [2.45, 2.75) is 58.5 Å². The van der Waals surface area contributed by atoms with Gasteiger partial charge in [0.2, 0.25) is 11.8 Å². The van der Waals surface area contributed by atoms with E-state index in [2.05, 4.69) is 0 Å². The van der Waals surface area contributed by atoms with Gasteiger partial charge in [0.1, 0.15) is 5.60 Å². The second-order valence-corrected chi connectivity index (χ2v) is 7.79. The maximum Gasteiger partial charge on any atom is 0.410 e. The first-order chi connectivity index (χ1) is 11.8. The first-order valence-electron chi connectivity index (χ1n) is 9.30. The number of hydrogen-bond acceptors (Lipinski definition) is 4. The topological polar surface area (TPSA) is 70.2 Å². The van der Waals surface area contributed by atoms with Crippen LogP contribution in [0.4, 0.5) is 4.79 Å². The van der Waals surface area contributed by atoms with Crippen molar-refractivity contribution in [3.63, 3.8) is 0 Å². The number of amides is 3. The Kier molecular flexibility index (Phi) is 6.67. The van der Waals surface area contributed by atoms with Crippen molar-refractivity contribution in [3.05, 3.63) is 0 Å². The van der Waals surface area contributed by atoms with E-state index >= 15 is 0 Å². The second-order valence-electron chi connectivity index (χ2n) is 7.79. The highest BCUT2D eigenvalue weighted by molar-refractivity contribution is 5.84. The first kappa shape index (κ1) is 19.5. The van der Waals surface area contributed by atoms with E-state index in [0.29, 0.717) is 26.2 Å².